The number of nitrogens with one attached hydrogen (secondary N) is 1. The summed E-state index contributed by atoms with van der Waals surface area (Å²) in [4.78, 5) is 14.4. The predicted molar refractivity (Wildman–Crippen MR) is 78.9 cm³/mol. The molecule has 0 aromatic carbocycles. The molecule has 112 valence electrons. The fourth-order valence-corrected chi connectivity index (χ4v) is 4.05. The third-order valence-corrected chi connectivity index (χ3v) is 5.06. The van der Waals surface area contributed by atoms with Crippen molar-refractivity contribution in [1.82, 2.24) is 10.2 Å². The number of carbonyl (C=O) groups is 1. The third kappa shape index (κ3) is 3.15. The van der Waals surface area contributed by atoms with Crippen molar-refractivity contribution in [1.29, 1.82) is 5.26 Å². The maximum atomic E-state index is 12.0. The highest BCUT2D eigenvalue weighted by Gasteiger charge is 2.41. The number of likely N-dealkylation sites (N-methyl/N-ethyl adjacent to an activating group) is 1. The first-order valence-corrected chi connectivity index (χ1v) is 8.08. The quantitative estimate of drug-likeness (QED) is 0.858. The SMILES string of the molecule is CCCC1CCC(C#N)C(N2CCCC2C(=O)NC)C1. The van der Waals surface area contributed by atoms with Gasteiger partial charge in [-0.15, -0.1) is 0 Å². The fourth-order valence-electron chi connectivity index (χ4n) is 4.05. The van der Waals surface area contributed by atoms with E-state index in [-0.39, 0.29) is 23.9 Å². The van der Waals surface area contributed by atoms with Crippen molar-refractivity contribution in [3.8, 4) is 6.07 Å². The van der Waals surface area contributed by atoms with Gasteiger partial charge in [0.1, 0.15) is 0 Å². The van der Waals surface area contributed by atoms with Crippen LogP contribution < -0.4 is 5.32 Å². The first-order valence-electron chi connectivity index (χ1n) is 8.08. The van der Waals surface area contributed by atoms with E-state index in [4.69, 9.17) is 0 Å². The van der Waals surface area contributed by atoms with Gasteiger partial charge in [0.15, 0.2) is 0 Å². The molecule has 20 heavy (non-hydrogen) atoms. The average molecular weight is 277 g/mol. The monoisotopic (exact) mass is 277 g/mol. The highest BCUT2D eigenvalue weighted by atomic mass is 16.2. The van der Waals surface area contributed by atoms with Crippen molar-refractivity contribution in [2.45, 2.75) is 64.0 Å². The number of nitriles is 1. The first-order chi connectivity index (χ1) is 9.71. The lowest BCUT2D eigenvalue weighted by molar-refractivity contribution is -0.126. The van der Waals surface area contributed by atoms with Crippen molar-refractivity contribution in [3.05, 3.63) is 0 Å². The van der Waals surface area contributed by atoms with Crippen molar-refractivity contribution in [2.75, 3.05) is 13.6 Å². The summed E-state index contributed by atoms with van der Waals surface area (Å²) in [7, 11) is 1.71. The molecule has 2 fully saturated rings. The van der Waals surface area contributed by atoms with Crippen LogP contribution in [-0.2, 0) is 4.79 Å². The first kappa shape index (κ1) is 15.3. The summed E-state index contributed by atoms with van der Waals surface area (Å²) in [6, 6.07) is 2.77. The minimum Gasteiger partial charge on any atom is -0.358 e. The van der Waals surface area contributed by atoms with Gasteiger partial charge in [-0.25, -0.2) is 0 Å². The van der Waals surface area contributed by atoms with Gasteiger partial charge in [0.05, 0.1) is 18.0 Å². The van der Waals surface area contributed by atoms with E-state index in [9.17, 15) is 10.1 Å². The molecule has 4 unspecified atom stereocenters. The second-order valence-corrected chi connectivity index (χ2v) is 6.28. The molecule has 4 nitrogen and oxygen atoms in total. The van der Waals surface area contributed by atoms with Crippen molar-refractivity contribution in [2.24, 2.45) is 11.8 Å². The van der Waals surface area contributed by atoms with Gasteiger partial charge in [0.2, 0.25) is 5.91 Å². The molecule has 1 saturated carbocycles. The lowest BCUT2D eigenvalue weighted by Crippen LogP contribution is -2.51. The summed E-state index contributed by atoms with van der Waals surface area (Å²) in [5.41, 5.74) is 0. The summed E-state index contributed by atoms with van der Waals surface area (Å²) >= 11 is 0. The number of amides is 1. The Bertz CT molecular complexity index is 376. The number of hydrogen-bond acceptors (Lipinski definition) is 3. The van der Waals surface area contributed by atoms with Crippen LogP contribution in [0.15, 0.2) is 0 Å². The molecule has 4 atom stereocenters. The van der Waals surface area contributed by atoms with E-state index in [1.807, 2.05) is 0 Å². The van der Waals surface area contributed by atoms with Crippen molar-refractivity contribution < 1.29 is 4.79 Å². The van der Waals surface area contributed by atoms with Crippen LogP contribution in [0, 0.1) is 23.2 Å². The molecule has 2 rings (SSSR count). The molecule has 0 spiro atoms. The number of rotatable bonds is 4. The summed E-state index contributed by atoms with van der Waals surface area (Å²) < 4.78 is 0. The molecule has 1 N–H and O–H groups in total. The Morgan fingerprint density at radius 3 is 2.85 bits per heavy atom. The van der Waals surface area contributed by atoms with Crippen LogP contribution in [0.25, 0.3) is 0 Å². The summed E-state index contributed by atoms with van der Waals surface area (Å²) in [6.45, 7) is 3.20. The number of hydrogen-bond donors (Lipinski definition) is 1. The van der Waals surface area contributed by atoms with E-state index in [0.717, 1.165) is 38.1 Å². The number of likely N-dealkylation sites (tertiary alicyclic amines) is 1. The molecule has 4 heteroatoms. The minimum atomic E-state index is -0.0128. The summed E-state index contributed by atoms with van der Waals surface area (Å²) in [5, 5.41) is 12.2. The zero-order valence-corrected chi connectivity index (χ0v) is 12.8. The maximum Gasteiger partial charge on any atom is 0.237 e. The average Bonchev–Trinajstić information content (AvgIpc) is 2.96. The van der Waals surface area contributed by atoms with E-state index in [1.165, 1.54) is 19.3 Å². The van der Waals surface area contributed by atoms with Crippen molar-refractivity contribution >= 4 is 5.91 Å². The van der Waals surface area contributed by atoms with Gasteiger partial charge in [0.25, 0.3) is 0 Å². The molecule has 0 aromatic heterocycles. The zero-order valence-electron chi connectivity index (χ0n) is 12.8. The standard InChI is InChI=1S/C16H27N3O/c1-3-5-12-7-8-13(11-17)15(10-12)19-9-4-6-14(19)16(20)18-2/h12-15H,3-10H2,1-2H3,(H,18,20). The smallest absolute Gasteiger partial charge is 0.237 e. The Labute approximate surface area is 122 Å². The van der Waals surface area contributed by atoms with E-state index in [0.29, 0.717) is 0 Å². The third-order valence-electron chi connectivity index (χ3n) is 5.06. The normalized spacial score (nSPS) is 34.6. The predicted octanol–water partition coefficient (Wildman–Crippen LogP) is 2.31. The molecule has 0 aromatic rings. The largest absolute Gasteiger partial charge is 0.358 e. The highest BCUT2D eigenvalue weighted by Crippen LogP contribution is 2.37. The number of nitrogens with zero attached hydrogens (tertiary/aromatic N) is 2. The molecule has 1 heterocycles. The van der Waals surface area contributed by atoms with Gasteiger partial charge in [-0.3, -0.25) is 9.69 Å². The second kappa shape index (κ2) is 7.08. The molecule has 1 aliphatic carbocycles. The van der Waals surface area contributed by atoms with E-state index < -0.39 is 0 Å². The molecule has 0 bridgehead atoms. The van der Waals surface area contributed by atoms with Gasteiger partial charge in [-0.1, -0.05) is 19.8 Å². The topological polar surface area (TPSA) is 56.1 Å². The summed E-state index contributed by atoms with van der Waals surface area (Å²) in [6.07, 6.45) is 7.77. The van der Waals surface area contributed by atoms with Gasteiger partial charge >= 0.3 is 0 Å². The molecule has 0 radical (unpaired) electrons. The highest BCUT2D eigenvalue weighted by molar-refractivity contribution is 5.81. The molecule has 1 amide bonds. The maximum absolute atomic E-state index is 12.0. The van der Waals surface area contributed by atoms with E-state index >= 15 is 0 Å². The van der Waals surface area contributed by atoms with Crippen LogP contribution in [0.2, 0.25) is 0 Å². The fraction of sp³-hybridized carbons (Fsp3) is 0.875. The Hall–Kier alpha value is -1.08. The minimum absolute atomic E-state index is 0.0128. The van der Waals surface area contributed by atoms with Gasteiger partial charge in [-0.05, 0) is 44.6 Å². The van der Waals surface area contributed by atoms with Crippen LogP contribution in [0.1, 0.15) is 51.9 Å². The Balaban J connectivity index is 2.09. The second-order valence-electron chi connectivity index (χ2n) is 6.28. The Morgan fingerprint density at radius 2 is 2.20 bits per heavy atom. The Kier molecular flexibility index (Phi) is 5.42. The molecular weight excluding hydrogens is 250 g/mol. The molecule has 1 aliphatic heterocycles. The van der Waals surface area contributed by atoms with Crippen LogP contribution in [0.5, 0.6) is 0 Å². The van der Waals surface area contributed by atoms with E-state index in [2.05, 4.69) is 23.2 Å². The van der Waals surface area contributed by atoms with Gasteiger partial charge in [-0.2, -0.15) is 5.26 Å². The molecule has 1 saturated heterocycles. The van der Waals surface area contributed by atoms with Gasteiger partial charge in [0, 0.05) is 13.1 Å². The van der Waals surface area contributed by atoms with Crippen LogP contribution in [0.3, 0.4) is 0 Å². The van der Waals surface area contributed by atoms with E-state index in [1.54, 1.807) is 7.05 Å². The summed E-state index contributed by atoms with van der Waals surface area (Å²) in [5.74, 6) is 0.964. The number of carbonyl (C=O) groups excluding carboxylic acids is 1. The lowest BCUT2D eigenvalue weighted by Gasteiger charge is -2.40. The van der Waals surface area contributed by atoms with Gasteiger partial charge < -0.3 is 5.32 Å². The Morgan fingerprint density at radius 1 is 1.40 bits per heavy atom. The van der Waals surface area contributed by atoms with Crippen LogP contribution in [0.4, 0.5) is 0 Å². The molecular formula is C16H27N3O. The van der Waals surface area contributed by atoms with Crippen LogP contribution >= 0.6 is 0 Å². The molecule has 2 aliphatic rings. The lowest BCUT2D eigenvalue weighted by atomic mass is 9.76. The van der Waals surface area contributed by atoms with Crippen molar-refractivity contribution in [3.63, 3.8) is 0 Å². The zero-order chi connectivity index (χ0) is 14.5. The van der Waals surface area contributed by atoms with Crippen LogP contribution in [-0.4, -0.2) is 36.5 Å².